The topological polar surface area (TPSA) is 300 Å². The molecular formula is C44H86O26S. The molecule has 0 aromatic heterocycles. The summed E-state index contributed by atoms with van der Waals surface area (Å²) in [5, 5.41) is 35.9. The zero-order chi connectivity index (χ0) is 51.4. The standard InChI is InChI=1S/C44H86O26S/c45-1-3-51-5-7-53-9-11-55-13-15-57-17-19-59-21-23-61-25-27-63-29-31-65-33-35-68-43(37-47)71-44(40-70-42(50)39-67-38-41(48)49)69-36-34-66-32-30-64-28-26-62-24-22-60-20-18-58-16-14-56-12-10-54-8-6-52-4-2-46/h43-47H,1-40H2,(H,48,49). The van der Waals surface area contributed by atoms with Crippen molar-refractivity contribution in [2.45, 2.75) is 10.9 Å². The maximum absolute atomic E-state index is 12.1. The molecule has 0 aromatic carbocycles. The average molecular weight is 1060 g/mol. The number of carboxylic acids is 1. The van der Waals surface area contributed by atoms with E-state index in [1.165, 1.54) is 0 Å². The van der Waals surface area contributed by atoms with Crippen molar-refractivity contribution in [1.82, 2.24) is 0 Å². The minimum absolute atomic E-state index is 0.000167. The Balaban J connectivity index is 3.89. The molecule has 26 nitrogen and oxygen atoms in total. The van der Waals surface area contributed by atoms with Gasteiger partial charge in [0.05, 0.1) is 244 Å². The molecule has 0 saturated carbocycles. The molecule has 0 aliphatic heterocycles. The molecule has 27 heteroatoms. The van der Waals surface area contributed by atoms with Crippen molar-refractivity contribution in [3.05, 3.63) is 0 Å². The predicted octanol–water partition coefficient (Wildman–Crippen LogP) is -1.71. The maximum Gasteiger partial charge on any atom is 0.332 e. The van der Waals surface area contributed by atoms with Gasteiger partial charge in [0.1, 0.15) is 30.7 Å². The van der Waals surface area contributed by atoms with Gasteiger partial charge in [0, 0.05) is 0 Å². The first-order valence-corrected chi connectivity index (χ1v) is 24.9. The van der Waals surface area contributed by atoms with E-state index in [2.05, 4.69) is 0 Å². The van der Waals surface area contributed by atoms with Crippen LogP contribution in [-0.4, -0.2) is 308 Å². The van der Waals surface area contributed by atoms with Gasteiger partial charge in [-0.15, -0.1) is 0 Å². The summed E-state index contributed by atoms with van der Waals surface area (Å²) in [4.78, 5) is 22.7. The summed E-state index contributed by atoms with van der Waals surface area (Å²) in [7, 11) is 0. The largest absolute Gasteiger partial charge is 0.480 e. The van der Waals surface area contributed by atoms with Gasteiger partial charge in [0.15, 0.2) is 0 Å². The second-order valence-corrected chi connectivity index (χ2v) is 15.1. The first kappa shape index (κ1) is 69.4. The van der Waals surface area contributed by atoms with E-state index < -0.39 is 36.0 Å². The summed E-state index contributed by atoms with van der Waals surface area (Å²) < 4.78 is 108. The number of ether oxygens (including phenoxy) is 20. The summed E-state index contributed by atoms with van der Waals surface area (Å²) in [6.07, 6.45) is 0. The van der Waals surface area contributed by atoms with Gasteiger partial charge in [-0.1, -0.05) is 11.8 Å². The molecule has 0 aliphatic rings. The molecule has 0 aliphatic carbocycles. The molecule has 0 aromatic rings. The third kappa shape index (κ3) is 59.2. The lowest BCUT2D eigenvalue weighted by Crippen LogP contribution is -2.28. The van der Waals surface area contributed by atoms with Gasteiger partial charge in [0.2, 0.25) is 0 Å². The quantitative estimate of drug-likeness (QED) is 0.0300. The molecule has 0 rings (SSSR count). The van der Waals surface area contributed by atoms with Crippen molar-refractivity contribution >= 4 is 23.7 Å². The van der Waals surface area contributed by atoms with E-state index >= 15 is 0 Å². The van der Waals surface area contributed by atoms with Gasteiger partial charge in [-0.05, 0) is 0 Å². The highest BCUT2D eigenvalue weighted by molar-refractivity contribution is 8.00. The fraction of sp³-hybridized carbons (Fsp3) is 0.955. The van der Waals surface area contributed by atoms with Gasteiger partial charge in [-0.3, -0.25) is 0 Å². The summed E-state index contributed by atoms with van der Waals surface area (Å²) >= 11 is 1.09. The second kappa shape index (κ2) is 61.0. The van der Waals surface area contributed by atoms with E-state index in [1.807, 2.05) is 0 Å². The van der Waals surface area contributed by atoms with Crippen molar-refractivity contribution < 1.29 is 125 Å². The molecule has 4 N–H and O–H groups in total. The monoisotopic (exact) mass is 1060 g/mol. The highest BCUT2D eigenvalue weighted by Gasteiger charge is 2.20. The highest BCUT2D eigenvalue weighted by atomic mass is 32.2. The summed E-state index contributed by atoms with van der Waals surface area (Å²) in [5.41, 5.74) is -1.49. The molecule has 0 saturated heterocycles. The molecule has 2 atom stereocenters. The van der Waals surface area contributed by atoms with Crippen molar-refractivity contribution in [3.8, 4) is 0 Å². The van der Waals surface area contributed by atoms with Crippen LogP contribution in [0.5, 0.6) is 0 Å². The predicted molar refractivity (Wildman–Crippen MR) is 251 cm³/mol. The summed E-state index contributed by atoms with van der Waals surface area (Å²) in [6.45, 7) is 11.4. The number of esters is 1. The first-order valence-electron chi connectivity index (χ1n) is 23.9. The Kier molecular flexibility index (Phi) is 59.6. The van der Waals surface area contributed by atoms with E-state index in [1.54, 1.807) is 0 Å². The molecule has 0 amide bonds. The van der Waals surface area contributed by atoms with Crippen molar-refractivity contribution in [1.29, 1.82) is 0 Å². The van der Waals surface area contributed by atoms with Gasteiger partial charge < -0.3 is 115 Å². The third-order valence-electron chi connectivity index (χ3n) is 8.02. The Morgan fingerprint density at radius 2 is 0.549 bits per heavy atom. The fourth-order valence-electron chi connectivity index (χ4n) is 4.74. The Hall–Kier alpha value is -1.59. The fourth-order valence-corrected chi connectivity index (χ4v) is 5.67. The van der Waals surface area contributed by atoms with Crippen LogP contribution in [0.15, 0.2) is 0 Å². The van der Waals surface area contributed by atoms with E-state index in [0.717, 1.165) is 11.8 Å². The maximum atomic E-state index is 12.1. The number of rotatable bonds is 63. The molecular weight excluding hydrogens is 977 g/mol. The Morgan fingerprint density at radius 3 is 0.789 bits per heavy atom. The normalized spacial score (nSPS) is 12.5. The lowest BCUT2D eigenvalue weighted by Gasteiger charge is -2.22. The van der Waals surface area contributed by atoms with Crippen LogP contribution in [-0.2, 0) is 104 Å². The van der Waals surface area contributed by atoms with E-state index in [4.69, 9.17) is 110 Å². The van der Waals surface area contributed by atoms with E-state index in [-0.39, 0.29) is 52.9 Å². The van der Waals surface area contributed by atoms with Crippen LogP contribution in [0.3, 0.4) is 0 Å². The number of aliphatic carboxylic acids is 1. The van der Waals surface area contributed by atoms with Crippen molar-refractivity contribution in [3.63, 3.8) is 0 Å². The zero-order valence-electron chi connectivity index (χ0n) is 41.6. The average Bonchev–Trinajstić information content (AvgIpc) is 3.36. The number of aliphatic hydroxyl groups excluding tert-OH is 3. The van der Waals surface area contributed by atoms with Crippen molar-refractivity contribution in [2.75, 3.05) is 264 Å². The van der Waals surface area contributed by atoms with Gasteiger partial charge in [-0.25, -0.2) is 9.59 Å². The molecule has 0 radical (unpaired) electrons. The Labute approximate surface area is 422 Å². The summed E-state index contributed by atoms with van der Waals surface area (Å²) in [6, 6.07) is 0. The van der Waals surface area contributed by atoms with Crippen LogP contribution in [0.1, 0.15) is 0 Å². The Bertz CT molecular complexity index is 1060. The van der Waals surface area contributed by atoms with Gasteiger partial charge in [-0.2, -0.15) is 0 Å². The van der Waals surface area contributed by atoms with Crippen LogP contribution in [0.2, 0.25) is 0 Å². The molecule has 424 valence electrons. The molecule has 0 bridgehead atoms. The smallest absolute Gasteiger partial charge is 0.332 e. The van der Waals surface area contributed by atoms with Gasteiger partial charge >= 0.3 is 11.9 Å². The van der Waals surface area contributed by atoms with E-state index in [0.29, 0.717) is 198 Å². The van der Waals surface area contributed by atoms with Gasteiger partial charge in [0.25, 0.3) is 0 Å². The zero-order valence-corrected chi connectivity index (χ0v) is 42.4. The van der Waals surface area contributed by atoms with E-state index in [9.17, 15) is 14.7 Å². The van der Waals surface area contributed by atoms with Crippen LogP contribution in [0, 0.1) is 0 Å². The number of carbonyl (C=O) groups is 2. The van der Waals surface area contributed by atoms with Crippen LogP contribution in [0.25, 0.3) is 0 Å². The lowest BCUT2D eigenvalue weighted by atomic mass is 10.6. The summed E-state index contributed by atoms with van der Waals surface area (Å²) in [5.74, 6) is -2.00. The lowest BCUT2D eigenvalue weighted by molar-refractivity contribution is -0.154. The molecule has 0 spiro atoms. The number of hydrogen-bond acceptors (Lipinski definition) is 26. The molecule has 0 heterocycles. The third-order valence-corrected chi connectivity index (χ3v) is 9.19. The number of carbonyl (C=O) groups excluding carboxylic acids is 1. The first-order chi connectivity index (χ1) is 35.0. The molecule has 71 heavy (non-hydrogen) atoms. The minimum atomic E-state index is -1.22. The number of aliphatic hydroxyl groups is 3. The Morgan fingerprint density at radius 1 is 0.310 bits per heavy atom. The number of hydrogen-bond donors (Lipinski definition) is 4. The van der Waals surface area contributed by atoms with Crippen molar-refractivity contribution in [2.24, 2.45) is 0 Å². The SMILES string of the molecule is O=C(O)COCC(=O)OCC(OCCOCCOCCOCCOCCOCCOCCOCCOCCO)SC(CO)OCCOCCOCCOCCOCCOCCOCCOCCOCCO. The minimum Gasteiger partial charge on any atom is -0.480 e. The molecule has 0 fully saturated rings. The van der Waals surface area contributed by atoms with Crippen LogP contribution >= 0.6 is 11.8 Å². The second-order valence-electron chi connectivity index (χ2n) is 13.7. The van der Waals surface area contributed by atoms with Crippen LogP contribution in [0.4, 0.5) is 0 Å². The molecule has 2 unspecified atom stereocenters. The number of carboxylic acid groups (broad SMARTS) is 1. The highest BCUT2D eigenvalue weighted by Crippen LogP contribution is 2.21. The number of thioether (sulfide) groups is 1. The van der Waals surface area contributed by atoms with Crippen LogP contribution < -0.4 is 0 Å².